The molecule has 86 valence electrons. The van der Waals surface area contributed by atoms with Crippen molar-refractivity contribution in [1.82, 2.24) is 4.72 Å². The van der Waals surface area contributed by atoms with E-state index >= 15 is 0 Å². The summed E-state index contributed by atoms with van der Waals surface area (Å²) in [5.41, 5.74) is 0.990. The average Bonchev–Trinajstić information content (AvgIpc) is 2.20. The third-order valence-corrected chi connectivity index (χ3v) is 3.31. The molecular weight excluding hydrogens is 248 g/mol. The Balaban J connectivity index is 2.42. The van der Waals surface area contributed by atoms with E-state index in [9.17, 15) is 8.42 Å². The molecule has 0 fully saturated rings. The van der Waals surface area contributed by atoms with Crippen molar-refractivity contribution in [2.24, 2.45) is 0 Å². The minimum absolute atomic E-state index is 0.283. The number of hydrogen-bond donors (Lipinski definition) is 1. The van der Waals surface area contributed by atoms with Crippen LogP contribution in [0.1, 0.15) is 5.56 Å². The van der Waals surface area contributed by atoms with E-state index in [4.69, 9.17) is 16.9 Å². The summed E-state index contributed by atoms with van der Waals surface area (Å²) in [5, 5.41) is 8.91. The lowest BCUT2D eigenvalue weighted by Gasteiger charge is -2.03. The highest BCUT2D eigenvalue weighted by atomic mass is 35.5. The van der Waals surface area contributed by atoms with Crippen molar-refractivity contribution in [2.75, 3.05) is 12.3 Å². The highest BCUT2D eigenvalue weighted by molar-refractivity contribution is 7.89. The molecule has 0 radical (unpaired) electrons. The number of halogens is 1. The Morgan fingerprint density at radius 1 is 1.31 bits per heavy atom. The van der Waals surface area contributed by atoms with Crippen LogP contribution >= 0.6 is 11.6 Å². The van der Waals surface area contributed by atoms with E-state index in [0.29, 0.717) is 11.4 Å². The Morgan fingerprint density at radius 2 is 1.94 bits per heavy atom. The van der Waals surface area contributed by atoms with Gasteiger partial charge in [-0.1, -0.05) is 23.7 Å². The first-order chi connectivity index (χ1) is 7.53. The maximum Gasteiger partial charge on any atom is 0.225 e. The van der Waals surface area contributed by atoms with Crippen molar-refractivity contribution in [1.29, 1.82) is 5.26 Å². The fourth-order valence-corrected chi connectivity index (χ4v) is 1.95. The van der Waals surface area contributed by atoms with Gasteiger partial charge in [-0.05, 0) is 24.1 Å². The molecule has 6 heteroatoms. The highest BCUT2D eigenvalue weighted by Crippen LogP contribution is 2.09. The van der Waals surface area contributed by atoms with Gasteiger partial charge in [-0.25, -0.2) is 13.1 Å². The third kappa shape index (κ3) is 4.62. The van der Waals surface area contributed by atoms with Gasteiger partial charge in [0.1, 0.15) is 0 Å². The minimum atomic E-state index is -3.45. The predicted octanol–water partition coefficient (Wildman–Crippen LogP) is 1.33. The van der Waals surface area contributed by atoms with Crippen molar-refractivity contribution in [3.05, 3.63) is 34.9 Å². The lowest BCUT2D eigenvalue weighted by atomic mass is 10.2. The van der Waals surface area contributed by atoms with E-state index in [1.165, 1.54) is 0 Å². The second-order valence-electron chi connectivity index (χ2n) is 3.19. The molecule has 0 spiro atoms. The van der Waals surface area contributed by atoms with Gasteiger partial charge in [-0.3, -0.25) is 0 Å². The fourth-order valence-electron chi connectivity index (χ4n) is 1.14. The monoisotopic (exact) mass is 258 g/mol. The third-order valence-electron chi connectivity index (χ3n) is 1.90. The first-order valence-corrected chi connectivity index (χ1v) is 6.65. The Bertz CT molecular complexity index is 477. The molecule has 0 atom stereocenters. The Kier molecular flexibility index (Phi) is 4.74. The quantitative estimate of drug-likeness (QED) is 0.866. The van der Waals surface area contributed by atoms with E-state index in [0.717, 1.165) is 5.56 Å². The van der Waals surface area contributed by atoms with Crippen LogP contribution in [-0.2, 0) is 16.4 Å². The van der Waals surface area contributed by atoms with Crippen molar-refractivity contribution in [3.8, 4) is 6.07 Å². The normalized spacial score (nSPS) is 11.0. The predicted molar refractivity (Wildman–Crippen MR) is 62.6 cm³/mol. The topological polar surface area (TPSA) is 70.0 Å². The first kappa shape index (κ1) is 13.0. The van der Waals surface area contributed by atoms with Crippen LogP contribution in [0.25, 0.3) is 0 Å². The zero-order valence-corrected chi connectivity index (χ0v) is 10.1. The van der Waals surface area contributed by atoms with Gasteiger partial charge >= 0.3 is 0 Å². The van der Waals surface area contributed by atoms with E-state index in [-0.39, 0.29) is 6.54 Å². The number of nitrogens with zero attached hydrogens (tertiary/aromatic N) is 1. The van der Waals surface area contributed by atoms with Gasteiger partial charge in [0.2, 0.25) is 10.0 Å². The highest BCUT2D eigenvalue weighted by Gasteiger charge is 2.07. The molecule has 16 heavy (non-hydrogen) atoms. The molecule has 0 bridgehead atoms. The fraction of sp³-hybridized carbons (Fsp3) is 0.300. The number of sulfonamides is 1. The number of benzene rings is 1. The van der Waals surface area contributed by atoms with Crippen molar-refractivity contribution in [3.63, 3.8) is 0 Å². The van der Waals surface area contributed by atoms with Crippen molar-refractivity contribution in [2.45, 2.75) is 6.42 Å². The molecular formula is C10H11ClN2O2S. The largest absolute Gasteiger partial charge is 0.225 e. The molecule has 0 aliphatic carbocycles. The Hall–Kier alpha value is -1.09. The summed E-state index contributed by atoms with van der Waals surface area (Å²) in [5.74, 6) is -0.506. The molecule has 0 aliphatic heterocycles. The number of nitrogens with one attached hydrogen (secondary N) is 1. The van der Waals surface area contributed by atoms with Crippen molar-refractivity contribution >= 4 is 21.6 Å². The van der Waals surface area contributed by atoms with Gasteiger partial charge in [0, 0.05) is 11.6 Å². The van der Waals surface area contributed by atoms with E-state index in [1.807, 2.05) is 12.1 Å². The number of hydrogen-bond acceptors (Lipinski definition) is 3. The molecule has 0 amide bonds. The molecule has 0 saturated heterocycles. The first-order valence-electron chi connectivity index (χ1n) is 4.62. The summed E-state index contributed by atoms with van der Waals surface area (Å²) in [6.07, 6.45) is 0.571. The second-order valence-corrected chi connectivity index (χ2v) is 5.43. The average molecular weight is 259 g/mol. The summed E-state index contributed by atoms with van der Waals surface area (Å²) in [4.78, 5) is 0. The molecule has 0 aliphatic rings. The van der Waals surface area contributed by atoms with Crippen LogP contribution in [0.2, 0.25) is 5.02 Å². The lowest BCUT2D eigenvalue weighted by Crippen LogP contribution is -2.27. The number of rotatable bonds is 5. The van der Waals surface area contributed by atoms with Crippen LogP contribution in [0.5, 0.6) is 0 Å². The zero-order chi connectivity index (χ0) is 12.0. The maximum absolute atomic E-state index is 11.1. The molecule has 1 aromatic rings. The van der Waals surface area contributed by atoms with E-state index in [1.54, 1.807) is 18.2 Å². The Labute approximate surface area is 99.9 Å². The van der Waals surface area contributed by atoms with Crippen LogP contribution in [0.4, 0.5) is 0 Å². The van der Waals surface area contributed by atoms with Crippen molar-refractivity contribution < 1.29 is 8.42 Å². The van der Waals surface area contributed by atoms with Crippen LogP contribution in [0, 0.1) is 11.3 Å². The molecule has 0 heterocycles. The van der Waals surface area contributed by atoms with Gasteiger partial charge in [-0.2, -0.15) is 5.26 Å². The smallest absolute Gasteiger partial charge is 0.214 e. The molecule has 1 aromatic carbocycles. The molecule has 0 aromatic heterocycles. The summed E-state index contributed by atoms with van der Waals surface area (Å²) in [6.45, 7) is 0.283. The molecule has 4 nitrogen and oxygen atoms in total. The van der Waals surface area contributed by atoms with Crippen LogP contribution in [0.3, 0.4) is 0 Å². The van der Waals surface area contributed by atoms with Crippen LogP contribution in [0.15, 0.2) is 24.3 Å². The molecule has 1 rings (SSSR count). The second kappa shape index (κ2) is 5.85. The number of nitriles is 1. The minimum Gasteiger partial charge on any atom is -0.214 e. The van der Waals surface area contributed by atoms with Gasteiger partial charge in [0.25, 0.3) is 0 Å². The molecule has 1 N–H and O–H groups in total. The zero-order valence-electron chi connectivity index (χ0n) is 8.48. The van der Waals surface area contributed by atoms with Gasteiger partial charge in [-0.15, -0.1) is 0 Å². The molecule has 0 saturated carbocycles. The summed E-state index contributed by atoms with van der Waals surface area (Å²) < 4.78 is 24.6. The standard InChI is InChI=1S/C10H11ClN2O2S/c11-10-3-1-9(2-4-10)5-7-13-16(14,15)8-6-12/h1-4,13H,5,7-8H2. The van der Waals surface area contributed by atoms with E-state index < -0.39 is 15.8 Å². The summed E-state index contributed by atoms with van der Waals surface area (Å²) >= 11 is 5.71. The van der Waals surface area contributed by atoms with Gasteiger partial charge in [0.05, 0.1) is 6.07 Å². The Morgan fingerprint density at radius 3 is 2.50 bits per heavy atom. The van der Waals surface area contributed by atoms with Gasteiger partial charge < -0.3 is 0 Å². The maximum atomic E-state index is 11.1. The molecule has 0 unspecified atom stereocenters. The van der Waals surface area contributed by atoms with E-state index in [2.05, 4.69) is 4.72 Å². The van der Waals surface area contributed by atoms with Crippen LogP contribution in [-0.4, -0.2) is 20.7 Å². The van der Waals surface area contributed by atoms with Gasteiger partial charge in [0.15, 0.2) is 5.75 Å². The summed E-state index contributed by atoms with van der Waals surface area (Å²) in [6, 6.07) is 8.77. The SMILES string of the molecule is N#CCS(=O)(=O)NCCc1ccc(Cl)cc1. The lowest BCUT2D eigenvalue weighted by molar-refractivity contribution is 0.585. The summed E-state index contributed by atoms with van der Waals surface area (Å²) in [7, 11) is -3.45. The van der Waals surface area contributed by atoms with Crippen LogP contribution < -0.4 is 4.72 Å².